The highest BCUT2D eigenvalue weighted by Crippen LogP contribution is 2.22. The van der Waals surface area contributed by atoms with Crippen molar-refractivity contribution < 1.29 is 22.7 Å². The second-order valence-electron chi connectivity index (χ2n) is 7.76. The lowest BCUT2D eigenvalue weighted by Gasteiger charge is -2.10. The molecule has 1 aliphatic carbocycles. The van der Waals surface area contributed by atoms with Crippen LogP contribution in [0.15, 0.2) is 53.4 Å². The Morgan fingerprint density at radius 3 is 1.97 bits per heavy atom. The van der Waals surface area contributed by atoms with Crippen molar-refractivity contribution in [2.75, 3.05) is 6.61 Å². The average Bonchev–Trinajstić information content (AvgIpc) is 3.61. The number of benzene rings is 2. The van der Waals surface area contributed by atoms with Crippen molar-refractivity contribution in [3.8, 4) is 5.75 Å². The van der Waals surface area contributed by atoms with Crippen LogP contribution in [0.3, 0.4) is 0 Å². The van der Waals surface area contributed by atoms with Crippen LogP contribution in [-0.4, -0.2) is 32.9 Å². The van der Waals surface area contributed by atoms with E-state index < -0.39 is 21.8 Å². The minimum absolute atomic E-state index is 0.00427. The first-order valence-electron chi connectivity index (χ1n) is 10.8. The zero-order valence-electron chi connectivity index (χ0n) is 18.1. The molecule has 2 amide bonds. The molecule has 0 saturated heterocycles. The fraction of sp³-hybridized carbons (Fsp3) is 0.391. The van der Waals surface area contributed by atoms with E-state index in [1.165, 1.54) is 37.1 Å². The minimum Gasteiger partial charge on any atom is -0.494 e. The van der Waals surface area contributed by atoms with Gasteiger partial charge in [-0.2, -0.15) is 0 Å². The Kier molecular flexibility index (Phi) is 8.24. The standard InChI is InChI=1S/C23H29N3O5S/c1-2-3-4-5-16-31-20-12-6-17(7-13-20)22(27)24-25-23(28)18-8-14-21(15-9-18)32(29,30)26-19-10-11-19/h6-9,12-15,19,26H,2-5,10-11,16H2,1H3,(H,24,27)(H,25,28). The highest BCUT2D eigenvalue weighted by atomic mass is 32.2. The molecule has 1 saturated carbocycles. The van der Waals surface area contributed by atoms with E-state index in [1.807, 2.05) is 0 Å². The van der Waals surface area contributed by atoms with Crippen molar-refractivity contribution in [2.45, 2.75) is 56.4 Å². The van der Waals surface area contributed by atoms with Gasteiger partial charge in [-0.25, -0.2) is 13.1 Å². The van der Waals surface area contributed by atoms with Gasteiger partial charge < -0.3 is 4.74 Å². The lowest BCUT2D eigenvalue weighted by molar-refractivity contribution is 0.0846. The van der Waals surface area contributed by atoms with Gasteiger partial charge in [-0.3, -0.25) is 20.4 Å². The monoisotopic (exact) mass is 459 g/mol. The summed E-state index contributed by atoms with van der Waals surface area (Å²) in [6, 6.07) is 12.2. The predicted octanol–water partition coefficient (Wildman–Crippen LogP) is 3.16. The first-order chi connectivity index (χ1) is 15.4. The van der Waals surface area contributed by atoms with E-state index in [0.717, 1.165) is 25.7 Å². The molecule has 1 aliphatic rings. The van der Waals surface area contributed by atoms with Crippen molar-refractivity contribution in [3.63, 3.8) is 0 Å². The van der Waals surface area contributed by atoms with Crippen LogP contribution in [0.4, 0.5) is 0 Å². The summed E-state index contributed by atoms with van der Waals surface area (Å²) >= 11 is 0. The van der Waals surface area contributed by atoms with Crippen LogP contribution in [0.5, 0.6) is 5.75 Å². The van der Waals surface area contributed by atoms with E-state index in [1.54, 1.807) is 24.3 Å². The van der Waals surface area contributed by atoms with Gasteiger partial charge in [0, 0.05) is 17.2 Å². The van der Waals surface area contributed by atoms with E-state index in [0.29, 0.717) is 17.9 Å². The number of hydrazine groups is 1. The van der Waals surface area contributed by atoms with E-state index in [2.05, 4.69) is 22.5 Å². The minimum atomic E-state index is -3.58. The topological polar surface area (TPSA) is 114 Å². The summed E-state index contributed by atoms with van der Waals surface area (Å²) in [6.45, 7) is 2.79. The molecule has 2 aromatic carbocycles. The third kappa shape index (κ3) is 7.06. The van der Waals surface area contributed by atoms with Crippen LogP contribution >= 0.6 is 0 Å². The van der Waals surface area contributed by atoms with Gasteiger partial charge in [-0.05, 0) is 67.8 Å². The van der Waals surface area contributed by atoms with E-state index in [-0.39, 0.29) is 16.5 Å². The van der Waals surface area contributed by atoms with Gasteiger partial charge in [0.15, 0.2) is 0 Å². The van der Waals surface area contributed by atoms with E-state index in [9.17, 15) is 18.0 Å². The molecular weight excluding hydrogens is 430 g/mol. The molecule has 0 unspecified atom stereocenters. The molecule has 1 fully saturated rings. The number of amides is 2. The number of ether oxygens (including phenoxy) is 1. The number of unbranched alkanes of at least 4 members (excludes halogenated alkanes) is 3. The fourth-order valence-electron chi connectivity index (χ4n) is 2.95. The first kappa shape index (κ1) is 23.7. The van der Waals surface area contributed by atoms with Gasteiger partial charge in [0.05, 0.1) is 11.5 Å². The second-order valence-corrected chi connectivity index (χ2v) is 9.48. The Morgan fingerprint density at radius 2 is 1.44 bits per heavy atom. The quantitative estimate of drug-likeness (QED) is 0.353. The maximum absolute atomic E-state index is 12.3. The van der Waals surface area contributed by atoms with Gasteiger partial charge >= 0.3 is 0 Å². The average molecular weight is 460 g/mol. The summed E-state index contributed by atoms with van der Waals surface area (Å²) in [5.41, 5.74) is 5.28. The Morgan fingerprint density at radius 1 is 0.875 bits per heavy atom. The van der Waals surface area contributed by atoms with Crippen LogP contribution in [-0.2, 0) is 10.0 Å². The van der Waals surface area contributed by atoms with Crippen LogP contribution in [0.25, 0.3) is 0 Å². The zero-order chi connectivity index (χ0) is 23.0. The third-order valence-electron chi connectivity index (χ3n) is 5.00. The fourth-order valence-corrected chi connectivity index (χ4v) is 4.26. The van der Waals surface area contributed by atoms with Crippen molar-refractivity contribution in [3.05, 3.63) is 59.7 Å². The number of hydrogen-bond donors (Lipinski definition) is 3. The van der Waals surface area contributed by atoms with Crippen molar-refractivity contribution in [1.82, 2.24) is 15.6 Å². The lowest BCUT2D eigenvalue weighted by atomic mass is 10.2. The molecule has 0 radical (unpaired) electrons. The molecule has 32 heavy (non-hydrogen) atoms. The van der Waals surface area contributed by atoms with Gasteiger partial charge in [0.2, 0.25) is 10.0 Å². The maximum atomic E-state index is 12.3. The summed E-state index contributed by atoms with van der Waals surface area (Å²) in [7, 11) is -3.58. The smallest absolute Gasteiger partial charge is 0.269 e. The normalized spacial score (nSPS) is 13.4. The SMILES string of the molecule is CCCCCCOc1ccc(C(=O)NNC(=O)c2ccc(S(=O)(=O)NC3CC3)cc2)cc1. The second kappa shape index (κ2) is 11.1. The van der Waals surface area contributed by atoms with Gasteiger partial charge in [0.25, 0.3) is 11.8 Å². The molecule has 0 heterocycles. The third-order valence-corrected chi connectivity index (χ3v) is 6.54. The highest BCUT2D eigenvalue weighted by molar-refractivity contribution is 7.89. The molecule has 0 bridgehead atoms. The molecule has 0 aromatic heterocycles. The van der Waals surface area contributed by atoms with Gasteiger partial charge in [0.1, 0.15) is 5.75 Å². The molecule has 172 valence electrons. The van der Waals surface area contributed by atoms with Crippen molar-refractivity contribution in [2.24, 2.45) is 0 Å². The van der Waals surface area contributed by atoms with Gasteiger partial charge in [-0.1, -0.05) is 26.2 Å². The molecular formula is C23H29N3O5S. The van der Waals surface area contributed by atoms with Gasteiger partial charge in [-0.15, -0.1) is 0 Å². The largest absolute Gasteiger partial charge is 0.494 e. The summed E-state index contributed by atoms with van der Waals surface area (Å²) in [5, 5.41) is 0. The summed E-state index contributed by atoms with van der Waals surface area (Å²) in [5.74, 6) is -0.335. The molecule has 3 N–H and O–H groups in total. The molecule has 0 atom stereocenters. The lowest BCUT2D eigenvalue weighted by Crippen LogP contribution is -2.41. The Balaban J connectivity index is 1.46. The van der Waals surface area contributed by atoms with E-state index in [4.69, 9.17) is 4.74 Å². The summed E-state index contributed by atoms with van der Waals surface area (Å²) in [4.78, 5) is 24.6. The number of rotatable bonds is 11. The Hall–Kier alpha value is -2.91. The number of carbonyl (C=O) groups is 2. The molecule has 3 rings (SSSR count). The van der Waals surface area contributed by atoms with Crippen molar-refractivity contribution >= 4 is 21.8 Å². The maximum Gasteiger partial charge on any atom is 0.269 e. The Labute approximate surface area is 188 Å². The number of hydrogen-bond acceptors (Lipinski definition) is 5. The molecule has 0 spiro atoms. The first-order valence-corrected chi connectivity index (χ1v) is 12.3. The molecule has 2 aromatic rings. The highest BCUT2D eigenvalue weighted by Gasteiger charge is 2.28. The number of nitrogens with one attached hydrogen (secondary N) is 3. The molecule has 9 heteroatoms. The Bertz CT molecular complexity index is 1020. The summed E-state index contributed by atoms with van der Waals surface area (Å²) in [6.07, 6.45) is 6.17. The van der Waals surface area contributed by atoms with Crippen LogP contribution < -0.4 is 20.3 Å². The predicted molar refractivity (Wildman–Crippen MR) is 121 cm³/mol. The molecule has 0 aliphatic heterocycles. The van der Waals surface area contributed by atoms with Crippen molar-refractivity contribution in [1.29, 1.82) is 0 Å². The zero-order valence-corrected chi connectivity index (χ0v) is 18.9. The summed E-state index contributed by atoms with van der Waals surface area (Å²) < 4.78 is 32.6. The van der Waals surface area contributed by atoms with Crippen LogP contribution in [0, 0.1) is 0 Å². The number of sulfonamides is 1. The number of carbonyl (C=O) groups excluding carboxylic acids is 2. The van der Waals surface area contributed by atoms with E-state index >= 15 is 0 Å². The molecule has 8 nitrogen and oxygen atoms in total. The van der Waals surface area contributed by atoms with Crippen LogP contribution in [0.1, 0.15) is 66.2 Å². The van der Waals surface area contributed by atoms with Crippen LogP contribution in [0.2, 0.25) is 0 Å².